The number of carbonyl (C=O) groups is 1. The Hall–Kier alpha value is -3.13. The van der Waals surface area contributed by atoms with E-state index in [0.717, 1.165) is 22.5 Å². The zero-order valence-corrected chi connectivity index (χ0v) is 20.7. The lowest BCUT2D eigenvalue weighted by molar-refractivity contribution is -0.121. The number of hydrogen-bond acceptors (Lipinski definition) is 5. The van der Waals surface area contributed by atoms with Crippen molar-refractivity contribution in [2.75, 3.05) is 13.7 Å². The van der Waals surface area contributed by atoms with Gasteiger partial charge < -0.3 is 14.8 Å². The molecule has 1 unspecified atom stereocenters. The van der Waals surface area contributed by atoms with Gasteiger partial charge in [0, 0.05) is 18.5 Å². The minimum absolute atomic E-state index is 0.0695. The first-order chi connectivity index (χ1) is 15.8. The van der Waals surface area contributed by atoms with Crippen LogP contribution in [0.3, 0.4) is 0 Å². The second kappa shape index (κ2) is 11.1. The Morgan fingerprint density at radius 1 is 1.18 bits per heavy atom. The molecule has 1 amide bonds. The maximum Gasteiger partial charge on any atom is 0.222 e. The molecule has 33 heavy (non-hydrogen) atoms. The molecule has 0 spiro atoms. The third-order valence-electron chi connectivity index (χ3n) is 5.23. The zero-order valence-electron chi connectivity index (χ0n) is 19.8. The van der Waals surface area contributed by atoms with Crippen LogP contribution in [0.15, 0.2) is 42.5 Å². The molecule has 0 radical (unpaired) electrons. The van der Waals surface area contributed by atoms with Gasteiger partial charge in [0.25, 0.3) is 0 Å². The van der Waals surface area contributed by atoms with Crippen molar-refractivity contribution in [1.82, 2.24) is 20.1 Å². The molecule has 8 heteroatoms. The minimum atomic E-state index is -0.181. The van der Waals surface area contributed by atoms with Gasteiger partial charge in [0.05, 0.1) is 19.8 Å². The predicted molar refractivity (Wildman–Crippen MR) is 132 cm³/mol. The van der Waals surface area contributed by atoms with Crippen LogP contribution in [0.25, 0.3) is 11.4 Å². The van der Waals surface area contributed by atoms with Gasteiger partial charge in [0.15, 0.2) is 22.1 Å². The second-order valence-electron chi connectivity index (χ2n) is 8.53. The molecule has 3 aromatic rings. The van der Waals surface area contributed by atoms with Crippen molar-refractivity contribution in [1.29, 1.82) is 0 Å². The molecule has 0 aliphatic carbocycles. The molecule has 1 heterocycles. The van der Waals surface area contributed by atoms with Gasteiger partial charge in [0.1, 0.15) is 0 Å². The number of aromatic nitrogens is 3. The first-order valence-electron chi connectivity index (χ1n) is 11.1. The molecule has 1 aromatic heterocycles. The summed E-state index contributed by atoms with van der Waals surface area (Å²) in [5, 5.41) is 10.2. The Balaban J connectivity index is 1.64. The predicted octanol–water partition coefficient (Wildman–Crippen LogP) is 5.23. The number of carbonyl (C=O) groups excluding carboxylic acids is 1. The monoisotopic (exact) mass is 468 g/mol. The highest BCUT2D eigenvalue weighted by molar-refractivity contribution is 7.71. The highest BCUT2D eigenvalue weighted by Gasteiger charge is 2.15. The molecule has 0 aliphatic heterocycles. The van der Waals surface area contributed by atoms with Crippen LogP contribution in [0.2, 0.25) is 0 Å². The van der Waals surface area contributed by atoms with Crippen LogP contribution in [-0.2, 0) is 11.3 Å². The molecule has 0 saturated heterocycles. The number of aryl methyl sites for hydroxylation is 1. The molecular weight excluding hydrogens is 436 g/mol. The summed E-state index contributed by atoms with van der Waals surface area (Å²) < 4.78 is 13.7. The largest absolute Gasteiger partial charge is 0.493 e. The number of benzene rings is 2. The van der Waals surface area contributed by atoms with Crippen LogP contribution in [0.4, 0.5) is 0 Å². The molecular formula is C25H32N4O3S. The van der Waals surface area contributed by atoms with E-state index in [-0.39, 0.29) is 18.4 Å². The van der Waals surface area contributed by atoms with E-state index in [1.165, 1.54) is 0 Å². The standard InChI is InChI=1S/C25H32N4O3S/c1-16(2)15-32-21-10-9-19(14-22(21)31-5)18(4)26-23(30)11-12-29-24(27-28-25(29)33)20-8-6-7-17(3)13-20/h6-10,13-14,16,18H,11-12,15H2,1-5H3,(H,26,30)(H,28,33). The van der Waals surface area contributed by atoms with Gasteiger partial charge in [-0.15, -0.1) is 0 Å². The normalized spacial score (nSPS) is 11.9. The fourth-order valence-electron chi connectivity index (χ4n) is 3.47. The lowest BCUT2D eigenvalue weighted by Crippen LogP contribution is -2.27. The maximum absolute atomic E-state index is 12.7. The summed E-state index contributed by atoms with van der Waals surface area (Å²) in [7, 11) is 1.62. The zero-order chi connectivity index (χ0) is 24.0. The lowest BCUT2D eigenvalue weighted by Gasteiger charge is -2.18. The first-order valence-corrected chi connectivity index (χ1v) is 11.5. The van der Waals surface area contributed by atoms with Crippen LogP contribution < -0.4 is 14.8 Å². The van der Waals surface area contributed by atoms with Crippen molar-refractivity contribution in [3.05, 3.63) is 58.4 Å². The summed E-state index contributed by atoms with van der Waals surface area (Å²) in [5.74, 6) is 2.43. The van der Waals surface area contributed by atoms with Gasteiger partial charge >= 0.3 is 0 Å². The van der Waals surface area contributed by atoms with E-state index < -0.39 is 0 Å². The number of hydrogen-bond donors (Lipinski definition) is 2. The Morgan fingerprint density at radius 3 is 2.67 bits per heavy atom. The lowest BCUT2D eigenvalue weighted by atomic mass is 10.1. The summed E-state index contributed by atoms with van der Waals surface area (Å²) in [4.78, 5) is 12.7. The Morgan fingerprint density at radius 2 is 1.97 bits per heavy atom. The minimum Gasteiger partial charge on any atom is -0.493 e. The number of methoxy groups -OCH3 is 1. The number of nitrogens with one attached hydrogen (secondary N) is 2. The maximum atomic E-state index is 12.7. The highest BCUT2D eigenvalue weighted by Crippen LogP contribution is 2.30. The van der Waals surface area contributed by atoms with Gasteiger partial charge in [-0.05, 0) is 55.7 Å². The highest BCUT2D eigenvalue weighted by atomic mass is 32.1. The SMILES string of the molecule is COc1cc(C(C)NC(=O)CCn2c(-c3cccc(C)c3)n[nH]c2=S)ccc1OCC(C)C. The molecule has 3 rings (SSSR count). The van der Waals surface area contributed by atoms with Gasteiger partial charge in [0.2, 0.25) is 5.91 Å². The number of ether oxygens (including phenoxy) is 2. The molecule has 0 aliphatic rings. The van der Waals surface area contributed by atoms with E-state index in [0.29, 0.717) is 35.3 Å². The Labute approximate surface area is 200 Å². The average Bonchev–Trinajstić information content (AvgIpc) is 3.16. The molecule has 7 nitrogen and oxygen atoms in total. The summed E-state index contributed by atoms with van der Waals surface area (Å²) in [5.41, 5.74) is 3.04. The molecule has 0 bridgehead atoms. The number of amides is 1. The quantitative estimate of drug-likeness (QED) is 0.398. The van der Waals surface area contributed by atoms with Crippen molar-refractivity contribution >= 4 is 18.1 Å². The smallest absolute Gasteiger partial charge is 0.222 e. The van der Waals surface area contributed by atoms with Crippen molar-refractivity contribution in [2.45, 2.75) is 46.7 Å². The van der Waals surface area contributed by atoms with E-state index in [1.807, 2.05) is 60.9 Å². The van der Waals surface area contributed by atoms with Crippen LogP contribution in [-0.4, -0.2) is 34.4 Å². The van der Waals surface area contributed by atoms with Gasteiger partial charge in [-0.1, -0.05) is 43.7 Å². The summed E-state index contributed by atoms with van der Waals surface area (Å²) in [6.45, 7) is 9.22. The van der Waals surface area contributed by atoms with Crippen molar-refractivity contribution in [3.8, 4) is 22.9 Å². The van der Waals surface area contributed by atoms with E-state index in [9.17, 15) is 4.79 Å². The molecule has 0 saturated carbocycles. The topological polar surface area (TPSA) is 81.2 Å². The summed E-state index contributed by atoms with van der Waals surface area (Å²) >= 11 is 5.39. The van der Waals surface area contributed by atoms with Gasteiger partial charge in [-0.2, -0.15) is 5.10 Å². The molecule has 2 aromatic carbocycles. The second-order valence-corrected chi connectivity index (χ2v) is 8.91. The third-order valence-corrected chi connectivity index (χ3v) is 5.55. The van der Waals surface area contributed by atoms with E-state index in [4.69, 9.17) is 21.7 Å². The van der Waals surface area contributed by atoms with Gasteiger partial charge in [-0.3, -0.25) is 14.5 Å². The summed E-state index contributed by atoms with van der Waals surface area (Å²) in [6, 6.07) is 13.6. The molecule has 0 fully saturated rings. The van der Waals surface area contributed by atoms with Crippen LogP contribution in [0.5, 0.6) is 11.5 Å². The van der Waals surface area contributed by atoms with Gasteiger partial charge in [-0.25, -0.2) is 0 Å². The molecule has 1 atom stereocenters. The van der Waals surface area contributed by atoms with Crippen molar-refractivity contribution in [3.63, 3.8) is 0 Å². The van der Waals surface area contributed by atoms with Crippen LogP contribution >= 0.6 is 12.2 Å². The Kier molecular flexibility index (Phi) is 8.27. The Bertz CT molecular complexity index is 1150. The number of H-pyrrole nitrogens is 1. The van der Waals surface area contributed by atoms with Crippen LogP contribution in [0.1, 0.15) is 44.4 Å². The first kappa shape index (κ1) is 24.5. The third kappa shape index (κ3) is 6.44. The fourth-order valence-corrected chi connectivity index (χ4v) is 3.69. The van der Waals surface area contributed by atoms with E-state index in [2.05, 4.69) is 29.4 Å². The number of aromatic amines is 1. The molecule has 176 valence electrons. The van der Waals surface area contributed by atoms with Crippen molar-refractivity contribution < 1.29 is 14.3 Å². The summed E-state index contributed by atoms with van der Waals surface area (Å²) in [6.07, 6.45) is 0.281. The number of rotatable bonds is 10. The molecule has 2 N–H and O–H groups in total. The fraction of sp³-hybridized carbons (Fsp3) is 0.400. The van der Waals surface area contributed by atoms with Crippen LogP contribution in [0, 0.1) is 17.6 Å². The number of nitrogens with zero attached hydrogens (tertiary/aromatic N) is 2. The van der Waals surface area contributed by atoms with E-state index in [1.54, 1.807) is 7.11 Å². The van der Waals surface area contributed by atoms with E-state index >= 15 is 0 Å². The average molecular weight is 469 g/mol. The van der Waals surface area contributed by atoms with Crippen molar-refractivity contribution in [2.24, 2.45) is 5.92 Å².